The molecule has 0 aromatic heterocycles. The summed E-state index contributed by atoms with van der Waals surface area (Å²) in [4.78, 5) is 3.81. The molecule has 0 amide bonds. The molecule has 0 N–H and O–H groups in total. The summed E-state index contributed by atoms with van der Waals surface area (Å²) in [6.07, 6.45) is 5.16. The number of nitrogens with zero attached hydrogens (tertiary/aromatic N) is 1. The van der Waals surface area contributed by atoms with Gasteiger partial charge < -0.3 is 0 Å². The van der Waals surface area contributed by atoms with Crippen molar-refractivity contribution >= 4 is 29.4 Å². The number of allylic oxidation sites excluding steroid dienone is 2. The minimum atomic E-state index is 0.218. The molecule has 0 aromatic carbocycles. The van der Waals surface area contributed by atoms with Crippen LogP contribution in [-0.4, -0.2) is 6.21 Å². The number of halogens is 2. The van der Waals surface area contributed by atoms with E-state index in [0.717, 1.165) is 0 Å². The van der Waals surface area contributed by atoms with Crippen molar-refractivity contribution in [1.82, 2.24) is 0 Å². The molecular formula is C5H3Cl2N. The molecule has 0 atom stereocenters. The van der Waals surface area contributed by atoms with Crippen molar-refractivity contribution in [3.8, 4) is 0 Å². The average molecular weight is 148 g/mol. The van der Waals surface area contributed by atoms with Gasteiger partial charge in [0.25, 0.3) is 0 Å². The Morgan fingerprint density at radius 1 is 1.50 bits per heavy atom. The first kappa shape index (κ1) is 5.86. The first-order chi connectivity index (χ1) is 3.80. The van der Waals surface area contributed by atoms with Gasteiger partial charge in [-0.1, -0.05) is 23.2 Å². The van der Waals surface area contributed by atoms with Gasteiger partial charge in [0.05, 0.1) is 5.70 Å². The summed E-state index contributed by atoms with van der Waals surface area (Å²) < 4.78 is 0.218. The fraction of sp³-hybridized carbons (Fsp3) is 0. The van der Waals surface area contributed by atoms with E-state index in [1.807, 2.05) is 0 Å². The molecule has 0 fully saturated rings. The molecule has 3 heteroatoms. The average Bonchev–Trinajstić information content (AvgIpc) is 2.12. The van der Waals surface area contributed by atoms with Crippen molar-refractivity contribution in [3.63, 3.8) is 0 Å². The topological polar surface area (TPSA) is 12.4 Å². The van der Waals surface area contributed by atoms with E-state index in [-0.39, 0.29) is 4.49 Å². The van der Waals surface area contributed by atoms with Crippen LogP contribution in [0.2, 0.25) is 0 Å². The van der Waals surface area contributed by atoms with E-state index in [4.69, 9.17) is 23.2 Å². The molecule has 0 unspecified atom stereocenters. The van der Waals surface area contributed by atoms with Gasteiger partial charge in [-0.25, -0.2) is 0 Å². The fourth-order valence-corrected chi connectivity index (χ4v) is 0.636. The van der Waals surface area contributed by atoms with Crippen LogP contribution < -0.4 is 0 Å². The van der Waals surface area contributed by atoms with Gasteiger partial charge >= 0.3 is 0 Å². The van der Waals surface area contributed by atoms with E-state index in [9.17, 15) is 0 Å². The zero-order chi connectivity index (χ0) is 5.98. The van der Waals surface area contributed by atoms with Crippen molar-refractivity contribution in [3.05, 3.63) is 22.3 Å². The van der Waals surface area contributed by atoms with E-state index in [0.29, 0.717) is 5.70 Å². The third-order valence-corrected chi connectivity index (χ3v) is 1.13. The lowest BCUT2D eigenvalue weighted by Gasteiger charge is -1.83. The van der Waals surface area contributed by atoms with Gasteiger partial charge in [-0.05, 0) is 12.2 Å². The summed E-state index contributed by atoms with van der Waals surface area (Å²) >= 11 is 10.7. The van der Waals surface area contributed by atoms with E-state index >= 15 is 0 Å². The predicted molar refractivity (Wildman–Crippen MR) is 36.4 cm³/mol. The highest BCUT2D eigenvalue weighted by Gasteiger charge is 1.96. The molecular weight excluding hydrogens is 145 g/mol. The quantitative estimate of drug-likeness (QED) is 0.499. The van der Waals surface area contributed by atoms with E-state index in [2.05, 4.69) is 4.99 Å². The number of hydrogen-bond acceptors (Lipinski definition) is 1. The normalized spacial score (nSPS) is 15.5. The second kappa shape index (κ2) is 2.33. The van der Waals surface area contributed by atoms with Crippen molar-refractivity contribution < 1.29 is 0 Å². The summed E-state index contributed by atoms with van der Waals surface area (Å²) in [5, 5.41) is 0. The Kier molecular flexibility index (Phi) is 1.71. The molecule has 1 nitrogen and oxygen atoms in total. The first-order valence-electron chi connectivity index (χ1n) is 2.07. The summed E-state index contributed by atoms with van der Waals surface area (Å²) in [6, 6.07) is 0. The van der Waals surface area contributed by atoms with E-state index < -0.39 is 0 Å². The second-order valence-corrected chi connectivity index (χ2v) is 2.23. The number of aliphatic imine (C=N–C) groups is 1. The summed E-state index contributed by atoms with van der Waals surface area (Å²) in [6.45, 7) is 0. The zero-order valence-electron chi connectivity index (χ0n) is 3.94. The summed E-state index contributed by atoms with van der Waals surface area (Å²) in [5.41, 5.74) is 0.633. The molecule has 42 valence electrons. The molecule has 0 saturated heterocycles. The van der Waals surface area contributed by atoms with Gasteiger partial charge in [0.15, 0.2) is 0 Å². The maximum atomic E-state index is 5.36. The molecule has 1 rings (SSSR count). The van der Waals surface area contributed by atoms with Crippen LogP contribution in [0.1, 0.15) is 0 Å². The maximum Gasteiger partial charge on any atom is 0.132 e. The molecule has 0 bridgehead atoms. The molecule has 1 heterocycles. The molecule has 8 heavy (non-hydrogen) atoms. The van der Waals surface area contributed by atoms with Crippen molar-refractivity contribution in [1.29, 1.82) is 0 Å². The van der Waals surface area contributed by atoms with Crippen LogP contribution in [0.5, 0.6) is 0 Å². The van der Waals surface area contributed by atoms with Crippen LogP contribution in [0.25, 0.3) is 0 Å². The third-order valence-electron chi connectivity index (χ3n) is 0.747. The highest BCUT2D eigenvalue weighted by molar-refractivity contribution is 6.56. The number of hydrogen-bond donors (Lipinski definition) is 0. The van der Waals surface area contributed by atoms with E-state index in [1.165, 1.54) is 0 Å². The monoisotopic (exact) mass is 147 g/mol. The van der Waals surface area contributed by atoms with Gasteiger partial charge in [-0.15, -0.1) is 0 Å². The Labute approximate surface area is 57.3 Å². The van der Waals surface area contributed by atoms with Crippen LogP contribution >= 0.6 is 23.2 Å². The Morgan fingerprint density at radius 3 is 2.50 bits per heavy atom. The van der Waals surface area contributed by atoms with Crippen molar-refractivity contribution in [2.45, 2.75) is 0 Å². The molecule has 0 spiro atoms. The fourth-order valence-electron chi connectivity index (χ4n) is 0.412. The predicted octanol–water partition coefficient (Wildman–Crippen LogP) is 2.27. The Balaban J connectivity index is 2.90. The molecule has 0 aliphatic carbocycles. The smallest absolute Gasteiger partial charge is 0.132 e. The van der Waals surface area contributed by atoms with Gasteiger partial charge in [-0.2, -0.15) is 0 Å². The van der Waals surface area contributed by atoms with Crippen LogP contribution in [0.3, 0.4) is 0 Å². The van der Waals surface area contributed by atoms with Crippen molar-refractivity contribution in [2.75, 3.05) is 0 Å². The first-order valence-corrected chi connectivity index (χ1v) is 2.82. The van der Waals surface area contributed by atoms with Crippen molar-refractivity contribution in [2.24, 2.45) is 4.99 Å². The van der Waals surface area contributed by atoms with Crippen LogP contribution in [0.4, 0.5) is 0 Å². The van der Waals surface area contributed by atoms with E-state index in [1.54, 1.807) is 18.4 Å². The largest absolute Gasteiger partial charge is 0.254 e. The van der Waals surface area contributed by atoms with Crippen LogP contribution in [-0.2, 0) is 0 Å². The molecule has 0 radical (unpaired) electrons. The van der Waals surface area contributed by atoms with Gasteiger partial charge in [0.2, 0.25) is 0 Å². The Bertz CT molecular complexity index is 161. The second-order valence-electron chi connectivity index (χ2n) is 1.28. The minimum Gasteiger partial charge on any atom is -0.254 e. The molecule has 1 aliphatic heterocycles. The molecule has 0 aromatic rings. The number of rotatable bonds is 0. The standard InChI is InChI=1S/C5H3Cl2N/c6-5(7)4-2-1-3-8-4/h1-3H. The molecule has 0 saturated carbocycles. The lowest BCUT2D eigenvalue weighted by Crippen LogP contribution is -1.63. The highest BCUT2D eigenvalue weighted by Crippen LogP contribution is 2.17. The summed E-state index contributed by atoms with van der Waals surface area (Å²) in [7, 11) is 0. The lowest BCUT2D eigenvalue weighted by molar-refractivity contribution is 1.47. The Morgan fingerprint density at radius 2 is 2.25 bits per heavy atom. The minimum absolute atomic E-state index is 0.218. The molecule has 1 aliphatic rings. The summed E-state index contributed by atoms with van der Waals surface area (Å²) in [5.74, 6) is 0. The third kappa shape index (κ3) is 1.11. The van der Waals surface area contributed by atoms with Crippen LogP contribution in [0, 0.1) is 0 Å². The van der Waals surface area contributed by atoms with Gasteiger partial charge in [0.1, 0.15) is 4.49 Å². The van der Waals surface area contributed by atoms with Gasteiger partial charge in [0, 0.05) is 6.21 Å². The zero-order valence-corrected chi connectivity index (χ0v) is 5.45. The van der Waals surface area contributed by atoms with Gasteiger partial charge in [-0.3, -0.25) is 4.99 Å². The lowest BCUT2D eigenvalue weighted by atomic mass is 10.5. The highest BCUT2D eigenvalue weighted by atomic mass is 35.5. The van der Waals surface area contributed by atoms with Crippen LogP contribution in [0.15, 0.2) is 27.3 Å². The SMILES string of the molecule is ClC(Cl)=C1C=CC=N1. The maximum absolute atomic E-state index is 5.36. The Hall–Kier alpha value is -0.270.